The van der Waals surface area contributed by atoms with Gasteiger partial charge in [0, 0.05) is 24.5 Å². The number of aromatic nitrogens is 2. The molecule has 2 aromatic rings. The van der Waals surface area contributed by atoms with E-state index in [1.807, 2.05) is 53.0 Å². The molecule has 1 aromatic carbocycles. The average Bonchev–Trinajstić information content (AvgIpc) is 3.11. The van der Waals surface area contributed by atoms with Crippen LogP contribution in [0.15, 0.2) is 41.5 Å². The highest BCUT2D eigenvalue weighted by Gasteiger charge is 2.16. The van der Waals surface area contributed by atoms with Crippen molar-refractivity contribution in [3.63, 3.8) is 0 Å². The fourth-order valence-electron chi connectivity index (χ4n) is 2.10. The number of nitrogens with one attached hydrogen (secondary N) is 2. The molecule has 0 bridgehead atoms. The third-order valence-electron chi connectivity index (χ3n) is 3.88. The molecule has 25 heavy (non-hydrogen) atoms. The summed E-state index contributed by atoms with van der Waals surface area (Å²) in [6, 6.07) is 9.81. The highest BCUT2D eigenvalue weighted by molar-refractivity contribution is 7.99. The van der Waals surface area contributed by atoms with E-state index in [0.717, 1.165) is 29.6 Å². The lowest BCUT2D eigenvalue weighted by Gasteiger charge is -2.23. The van der Waals surface area contributed by atoms with Crippen molar-refractivity contribution in [3.8, 4) is 11.4 Å². The summed E-state index contributed by atoms with van der Waals surface area (Å²) in [6.07, 6.45) is 4.07. The SMILES string of the molecule is CN=C(NCc1ccn(-c2ccc(OC)cc2)n1)NCC(C)(C)SC. The van der Waals surface area contributed by atoms with Crippen LogP contribution in [0.5, 0.6) is 5.75 Å². The van der Waals surface area contributed by atoms with Crippen LogP contribution in [-0.2, 0) is 6.54 Å². The molecule has 0 saturated heterocycles. The molecule has 0 aliphatic rings. The van der Waals surface area contributed by atoms with Gasteiger partial charge in [-0.1, -0.05) is 0 Å². The molecule has 7 heteroatoms. The van der Waals surface area contributed by atoms with Gasteiger partial charge in [-0.15, -0.1) is 0 Å². The van der Waals surface area contributed by atoms with Gasteiger partial charge in [0.25, 0.3) is 0 Å². The first-order valence-corrected chi connectivity index (χ1v) is 9.38. The number of benzene rings is 1. The number of guanidine groups is 1. The molecule has 6 nitrogen and oxygen atoms in total. The number of hydrogen-bond acceptors (Lipinski definition) is 4. The Balaban J connectivity index is 1.91. The number of hydrogen-bond donors (Lipinski definition) is 2. The van der Waals surface area contributed by atoms with E-state index in [9.17, 15) is 0 Å². The van der Waals surface area contributed by atoms with Gasteiger partial charge in [0.05, 0.1) is 25.0 Å². The lowest BCUT2D eigenvalue weighted by Crippen LogP contribution is -2.43. The van der Waals surface area contributed by atoms with Crippen molar-refractivity contribution in [1.82, 2.24) is 20.4 Å². The fourth-order valence-corrected chi connectivity index (χ4v) is 2.31. The molecular formula is C18H27N5OS. The van der Waals surface area contributed by atoms with Crippen molar-refractivity contribution in [1.29, 1.82) is 0 Å². The predicted octanol–water partition coefficient (Wildman–Crippen LogP) is 2.69. The Morgan fingerprint density at radius 2 is 1.96 bits per heavy atom. The monoisotopic (exact) mass is 361 g/mol. The van der Waals surface area contributed by atoms with Crippen LogP contribution in [0.25, 0.3) is 5.69 Å². The van der Waals surface area contributed by atoms with E-state index in [2.05, 4.69) is 40.8 Å². The summed E-state index contributed by atoms with van der Waals surface area (Å²) in [6.45, 7) is 5.86. The molecule has 0 atom stereocenters. The van der Waals surface area contributed by atoms with Gasteiger partial charge >= 0.3 is 0 Å². The molecule has 0 unspecified atom stereocenters. The third-order valence-corrected chi connectivity index (χ3v) is 5.13. The lowest BCUT2D eigenvalue weighted by molar-refractivity contribution is 0.414. The van der Waals surface area contributed by atoms with E-state index < -0.39 is 0 Å². The molecule has 2 N–H and O–H groups in total. The molecule has 0 saturated carbocycles. The number of ether oxygens (including phenoxy) is 1. The Morgan fingerprint density at radius 1 is 1.24 bits per heavy atom. The van der Waals surface area contributed by atoms with Crippen molar-refractivity contribution < 1.29 is 4.74 Å². The van der Waals surface area contributed by atoms with E-state index in [-0.39, 0.29) is 4.75 Å². The lowest BCUT2D eigenvalue weighted by atomic mass is 10.2. The molecule has 136 valence electrons. The largest absolute Gasteiger partial charge is 0.497 e. The van der Waals surface area contributed by atoms with Crippen LogP contribution in [0, 0.1) is 0 Å². The zero-order valence-corrected chi connectivity index (χ0v) is 16.4. The Morgan fingerprint density at radius 3 is 2.56 bits per heavy atom. The van der Waals surface area contributed by atoms with E-state index in [4.69, 9.17) is 4.74 Å². The number of aliphatic imine (C=N–C) groups is 1. The van der Waals surface area contributed by atoms with Crippen molar-refractivity contribution in [3.05, 3.63) is 42.2 Å². The second-order valence-electron chi connectivity index (χ2n) is 6.19. The minimum atomic E-state index is 0.160. The summed E-state index contributed by atoms with van der Waals surface area (Å²) in [7, 11) is 3.44. The van der Waals surface area contributed by atoms with Crippen molar-refractivity contribution >= 4 is 17.7 Å². The molecule has 0 fully saturated rings. The van der Waals surface area contributed by atoms with E-state index in [0.29, 0.717) is 6.54 Å². The van der Waals surface area contributed by atoms with Crippen LogP contribution < -0.4 is 15.4 Å². The number of rotatable bonds is 7. The first kappa shape index (κ1) is 19.2. The maximum Gasteiger partial charge on any atom is 0.191 e. The summed E-state index contributed by atoms with van der Waals surface area (Å²) < 4.78 is 7.19. The smallest absolute Gasteiger partial charge is 0.191 e. The molecule has 0 aliphatic heterocycles. The molecular weight excluding hydrogens is 334 g/mol. The quantitative estimate of drug-likeness (QED) is 0.586. The highest BCUT2D eigenvalue weighted by Crippen LogP contribution is 2.19. The molecule has 1 aromatic heterocycles. The predicted molar refractivity (Wildman–Crippen MR) is 106 cm³/mol. The van der Waals surface area contributed by atoms with Crippen molar-refractivity contribution in [2.75, 3.05) is 27.0 Å². The standard InChI is InChI=1S/C18H27N5OS/c1-18(2,25-5)13-21-17(19-3)20-12-14-10-11-23(22-14)15-6-8-16(24-4)9-7-15/h6-11H,12-13H2,1-5H3,(H2,19,20,21). The van der Waals surface area contributed by atoms with E-state index in [1.54, 1.807) is 14.2 Å². The number of nitrogens with zero attached hydrogens (tertiary/aromatic N) is 3. The van der Waals surface area contributed by atoms with E-state index in [1.165, 1.54) is 0 Å². The van der Waals surface area contributed by atoms with Gasteiger partial charge in [-0.25, -0.2) is 4.68 Å². The van der Waals surface area contributed by atoms with Gasteiger partial charge in [-0.05, 0) is 50.4 Å². The first-order chi connectivity index (χ1) is 12.0. The van der Waals surface area contributed by atoms with Gasteiger partial charge in [-0.3, -0.25) is 4.99 Å². The Kier molecular flexibility index (Phi) is 6.75. The summed E-state index contributed by atoms with van der Waals surface area (Å²) in [5.74, 6) is 1.61. The maximum atomic E-state index is 5.18. The molecule has 0 amide bonds. The second-order valence-corrected chi connectivity index (χ2v) is 7.71. The van der Waals surface area contributed by atoms with Crippen molar-refractivity contribution in [2.45, 2.75) is 25.1 Å². The Bertz CT molecular complexity index is 694. The maximum absolute atomic E-state index is 5.18. The van der Waals surface area contributed by atoms with Crippen LogP contribution in [0.1, 0.15) is 19.5 Å². The normalized spacial score (nSPS) is 12.1. The highest BCUT2D eigenvalue weighted by atomic mass is 32.2. The van der Waals surface area contributed by atoms with Gasteiger partial charge < -0.3 is 15.4 Å². The van der Waals surface area contributed by atoms with Crippen LogP contribution >= 0.6 is 11.8 Å². The van der Waals surface area contributed by atoms with Gasteiger partial charge in [0.1, 0.15) is 5.75 Å². The minimum absolute atomic E-state index is 0.160. The third kappa shape index (κ3) is 5.70. The molecule has 0 radical (unpaired) electrons. The second kappa shape index (κ2) is 8.80. The molecule has 2 rings (SSSR count). The van der Waals surface area contributed by atoms with Crippen LogP contribution in [0.2, 0.25) is 0 Å². The first-order valence-electron chi connectivity index (χ1n) is 8.16. The van der Waals surface area contributed by atoms with Gasteiger partial charge in [0.2, 0.25) is 0 Å². The average molecular weight is 362 g/mol. The topological polar surface area (TPSA) is 63.5 Å². The summed E-state index contributed by atoms with van der Waals surface area (Å²) in [5, 5.41) is 11.2. The number of methoxy groups -OCH3 is 1. The fraction of sp³-hybridized carbons (Fsp3) is 0.444. The van der Waals surface area contributed by atoms with Crippen LogP contribution in [0.3, 0.4) is 0 Å². The zero-order chi connectivity index (χ0) is 18.3. The summed E-state index contributed by atoms with van der Waals surface area (Å²) in [5.41, 5.74) is 1.94. The van der Waals surface area contributed by atoms with Crippen LogP contribution in [0.4, 0.5) is 0 Å². The number of thioether (sulfide) groups is 1. The van der Waals surface area contributed by atoms with Crippen molar-refractivity contribution in [2.24, 2.45) is 4.99 Å². The van der Waals surface area contributed by atoms with Gasteiger partial charge in [0.15, 0.2) is 5.96 Å². The van der Waals surface area contributed by atoms with Gasteiger partial charge in [-0.2, -0.15) is 16.9 Å². The zero-order valence-electron chi connectivity index (χ0n) is 15.5. The molecule has 0 spiro atoms. The molecule has 0 aliphatic carbocycles. The van der Waals surface area contributed by atoms with E-state index >= 15 is 0 Å². The molecule has 1 heterocycles. The Hall–Kier alpha value is -2.15. The summed E-state index contributed by atoms with van der Waals surface area (Å²) >= 11 is 1.83. The van der Waals surface area contributed by atoms with Crippen LogP contribution in [-0.4, -0.2) is 47.4 Å². The minimum Gasteiger partial charge on any atom is -0.497 e. The summed E-state index contributed by atoms with van der Waals surface area (Å²) in [4.78, 5) is 4.26. The Labute approximate surface area is 154 Å².